The van der Waals surface area contributed by atoms with Gasteiger partial charge in [-0.2, -0.15) is 0 Å². The van der Waals surface area contributed by atoms with Crippen LogP contribution in [0.3, 0.4) is 0 Å². The Balaban J connectivity index is 1.63. The number of Topliss-reactive ketones (excluding diaryl/α,β-unsaturated/α-hetero) is 1. The number of nitrogens with one attached hydrogen (secondary N) is 1. The third-order valence-corrected chi connectivity index (χ3v) is 4.45. The minimum Gasteiger partial charge on any atom is -0.454 e. The van der Waals surface area contributed by atoms with Crippen molar-refractivity contribution in [3.05, 3.63) is 65.9 Å². The zero-order valence-corrected chi connectivity index (χ0v) is 16.1. The van der Waals surface area contributed by atoms with Crippen LogP contribution in [0.5, 0.6) is 0 Å². The van der Waals surface area contributed by atoms with Crippen LogP contribution in [0.2, 0.25) is 0 Å². The van der Waals surface area contributed by atoms with Crippen molar-refractivity contribution in [2.75, 3.05) is 11.9 Å². The van der Waals surface area contributed by atoms with Gasteiger partial charge in [0.15, 0.2) is 12.4 Å². The summed E-state index contributed by atoms with van der Waals surface area (Å²) in [5.41, 5.74) is 2.37. The van der Waals surface area contributed by atoms with Gasteiger partial charge in [-0.15, -0.1) is 0 Å². The average molecular weight is 378 g/mol. The maximum absolute atomic E-state index is 12.4. The molecule has 0 aliphatic heterocycles. The first-order chi connectivity index (χ1) is 13.4. The number of carbonyl (C=O) groups excluding carboxylic acids is 3. The van der Waals surface area contributed by atoms with E-state index >= 15 is 0 Å². The molecule has 3 aromatic rings. The van der Waals surface area contributed by atoms with Crippen molar-refractivity contribution in [3.8, 4) is 0 Å². The van der Waals surface area contributed by atoms with Crippen LogP contribution < -0.4 is 5.32 Å². The predicted octanol–water partition coefficient (Wildman–Crippen LogP) is 3.81. The molecule has 0 fully saturated rings. The highest BCUT2D eigenvalue weighted by Crippen LogP contribution is 2.21. The number of ether oxygens (including phenoxy) is 1. The number of ketones is 1. The molecule has 1 heterocycles. The lowest BCUT2D eigenvalue weighted by atomic mass is 10.1. The van der Waals surface area contributed by atoms with E-state index in [0.29, 0.717) is 16.8 Å². The van der Waals surface area contributed by atoms with Crippen LogP contribution in [-0.2, 0) is 16.6 Å². The van der Waals surface area contributed by atoms with E-state index in [2.05, 4.69) is 5.32 Å². The first-order valence-corrected chi connectivity index (χ1v) is 9.02. The lowest BCUT2D eigenvalue weighted by Gasteiger charge is -2.08. The molecule has 0 unspecified atom stereocenters. The van der Waals surface area contributed by atoms with Crippen LogP contribution in [0.15, 0.2) is 54.7 Å². The molecule has 28 heavy (non-hydrogen) atoms. The number of hydrogen-bond donors (Lipinski definition) is 1. The Hall–Kier alpha value is -3.41. The van der Waals surface area contributed by atoms with E-state index < -0.39 is 5.97 Å². The van der Waals surface area contributed by atoms with Crippen molar-refractivity contribution in [2.45, 2.75) is 13.8 Å². The molecule has 2 aromatic carbocycles. The summed E-state index contributed by atoms with van der Waals surface area (Å²) in [6.07, 6.45) is 1.70. The molecule has 0 saturated heterocycles. The van der Waals surface area contributed by atoms with Gasteiger partial charge in [0.25, 0.3) is 0 Å². The number of benzene rings is 2. The molecule has 0 saturated carbocycles. The fourth-order valence-electron chi connectivity index (χ4n) is 2.82. The molecule has 0 radical (unpaired) electrons. The van der Waals surface area contributed by atoms with E-state index in [0.717, 1.165) is 10.9 Å². The van der Waals surface area contributed by atoms with Gasteiger partial charge in [0.2, 0.25) is 5.91 Å². The summed E-state index contributed by atoms with van der Waals surface area (Å²) in [5, 5.41) is 3.55. The summed E-state index contributed by atoms with van der Waals surface area (Å²) in [6.45, 7) is 3.26. The van der Waals surface area contributed by atoms with E-state index in [-0.39, 0.29) is 24.2 Å². The molecular weight excluding hydrogens is 356 g/mol. The number of aryl methyl sites for hydroxylation is 1. The molecule has 1 aromatic heterocycles. The maximum Gasteiger partial charge on any atom is 0.340 e. The Morgan fingerprint density at radius 3 is 2.39 bits per heavy atom. The summed E-state index contributed by atoms with van der Waals surface area (Å²) >= 11 is 0. The predicted molar refractivity (Wildman–Crippen MR) is 107 cm³/mol. The van der Waals surface area contributed by atoms with Gasteiger partial charge in [0, 0.05) is 41.3 Å². The van der Waals surface area contributed by atoms with E-state index in [1.807, 2.05) is 35.9 Å². The summed E-state index contributed by atoms with van der Waals surface area (Å²) in [5.74, 6) is -1.07. The minimum absolute atomic E-state index is 0.0944. The Kier molecular flexibility index (Phi) is 5.59. The zero-order valence-electron chi connectivity index (χ0n) is 16.1. The SMILES string of the molecule is CC(C)C(=O)Nc1ccc(C(=O)COC(=O)c2cn(C)c3ccccc23)cc1. The Bertz CT molecular complexity index is 1030. The molecule has 3 rings (SSSR count). The third-order valence-electron chi connectivity index (χ3n) is 4.45. The van der Waals surface area contributed by atoms with Gasteiger partial charge in [-0.1, -0.05) is 32.0 Å². The second kappa shape index (κ2) is 8.08. The maximum atomic E-state index is 12.4. The first-order valence-electron chi connectivity index (χ1n) is 9.02. The highest BCUT2D eigenvalue weighted by Gasteiger charge is 2.17. The molecule has 1 N–H and O–H groups in total. The number of amides is 1. The number of nitrogens with zero attached hydrogens (tertiary/aromatic N) is 1. The van der Waals surface area contributed by atoms with Gasteiger partial charge in [-0.25, -0.2) is 4.79 Å². The van der Waals surface area contributed by atoms with Crippen molar-refractivity contribution in [3.63, 3.8) is 0 Å². The van der Waals surface area contributed by atoms with E-state index in [1.165, 1.54) is 0 Å². The number of esters is 1. The van der Waals surface area contributed by atoms with Crippen molar-refractivity contribution in [1.29, 1.82) is 0 Å². The van der Waals surface area contributed by atoms with Crippen molar-refractivity contribution in [1.82, 2.24) is 4.57 Å². The van der Waals surface area contributed by atoms with Gasteiger partial charge >= 0.3 is 5.97 Å². The zero-order chi connectivity index (χ0) is 20.3. The van der Waals surface area contributed by atoms with Crippen LogP contribution in [0.25, 0.3) is 10.9 Å². The fourth-order valence-corrected chi connectivity index (χ4v) is 2.82. The van der Waals surface area contributed by atoms with Crippen molar-refractivity contribution < 1.29 is 19.1 Å². The number of carbonyl (C=O) groups is 3. The lowest BCUT2D eigenvalue weighted by molar-refractivity contribution is -0.118. The Labute approximate surface area is 163 Å². The van der Waals surface area contributed by atoms with Crippen LogP contribution in [0.1, 0.15) is 34.6 Å². The standard InChI is InChI=1S/C22H22N2O4/c1-14(2)21(26)23-16-10-8-15(9-11-16)20(25)13-28-22(27)18-12-24(3)19-7-5-4-6-17(18)19/h4-12,14H,13H2,1-3H3,(H,23,26). The molecule has 0 spiro atoms. The monoisotopic (exact) mass is 378 g/mol. The van der Waals surface area contributed by atoms with Crippen LogP contribution in [-0.4, -0.2) is 28.8 Å². The summed E-state index contributed by atoms with van der Waals surface area (Å²) in [6, 6.07) is 14.0. The van der Waals surface area contributed by atoms with Gasteiger partial charge in [-0.05, 0) is 30.3 Å². The average Bonchev–Trinajstić information content (AvgIpc) is 3.03. The molecule has 6 nitrogen and oxygen atoms in total. The third kappa shape index (κ3) is 4.11. The van der Waals surface area contributed by atoms with Crippen LogP contribution >= 0.6 is 0 Å². The molecule has 144 valence electrons. The molecule has 1 amide bonds. The smallest absolute Gasteiger partial charge is 0.340 e. The number of anilines is 1. The number of rotatable bonds is 6. The highest BCUT2D eigenvalue weighted by molar-refractivity contribution is 6.06. The van der Waals surface area contributed by atoms with Crippen LogP contribution in [0.4, 0.5) is 5.69 Å². The molecule has 6 heteroatoms. The van der Waals surface area contributed by atoms with Crippen molar-refractivity contribution >= 4 is 34.3 Å². The number of para-hydroxylation sites is 1. The summed E-state index contributed by atoms with van der Waals surface area (Å²) < 4.78 is 7.07. The number of aromatic nitrogens is 1. The van der Waals surface area contributed by atoms with E-state index in [4.69, 9.17) is 4.74 Å². The fraction of sp³-hybridized carbons (Fsp3) is 0.227. The van der Waals surface area contributed by atoms with Gasteiger partial charge in [0.1, 0.15) is 0 Å². The summed E-state index contributed by atoms with van der Waals surface area (Å²) in [7, 11) is 1.85. The second-order valence-electron chi connectivity index (χ2n) is 6.89. The van der Waals surface area contributed by atoms with Crippen molar-refractivity contribution in [2.24, 2.45) is 13.0 Å². The van der Waals surface area contributed by atoms with E-state index in [1.54, 1.807) is 44.3 Å². The largest absolute Gasteiger partial charge is 0.454 e. The molecule has 0 atom stereocenters. The Morgan fingerprint density at radius 2 is 1.71 bits per heavy atom. The first kappa shape index (κ1) is 19.4. The Morgan fingerprint density at radius 1 is 1.04 bits per heavy atom. The number of fused-ring (bicyclic) bond motifs is 1. The molecule has 0 bridgehead atoms. The van der Waals surface area contributed by atoms with Crippen LogP contribution in [0, 0.1) is 5.92 Å². The summed E-state index contributed by atoms with van der Waals surface area (Å²) in [4.78, 5) is 36.4. The van der Waals surface area contributed by atoms with E-state index in [9.17, 15) is 14.4 Å². The number of hydrogen-bond acceptors (Lipinski definition) is 4. The molecule has 0 aliphatic carbocycles. The highest BCUT2D eigenvalue weighted by atomic mass is 16.5. The second-order valence-corrected chi connectivity index (χ2v) is 6.89. The topological polar surface area (TPSA) is 77.4 Å². The quantitative estimate of drug-likeness (QED) is 0.523. The molecule has 0 aliphatic rings. The van der Waals surface area contributed by atoms with Gasteiger partial charge < -0.3 is 14.6 Å². The van der Waals surface area contributed by atoms with Gasteiger partial charge in [-0.3, -0.25) is 9.59 Å². The minimum atomic E-state index is -0.536. The normalized spacial score (nSPS) is 10.9. The molecular formula is C22H22N2O4. The van der Waals surface area contributed by atoms with Gasteiger partial charge in [0.05, 0.1) is 5.56 Å². The lowest BCUT2D eigenvalue weighted by Crippen LogP contribution is -2.18.